The van der Waals surface area contributed by atoms with E-state index in [-0.39, 0.29) is 12.6 Å². The van der Waals surface area contributed by atoms with Crippen LogP contribution in [0.15, 0.2) is 30.3 Å². The van der Waals surface area contributed by atoms with Crippen molar-refractivity contribution in [2.75, 3.05) is 13.2 Å². The summed E-state index contributed by atoms with van der Waals surface area (Å²) in [6.07, 6.45) is 0. The Bertz CT molecular complexity index is 287. The Hall–Kier alpha value is -1.39. The lowest BCUT2D eigenvalue weighted by molar-refractivity contribution is -0.122. The van der Waals surface area contributed by atoms with Crippen LogP contribution in [0.4, 0.5) is 0 Å². The maximum absolute atomic E-state index is 10.4. The van der Waals surface area contributed by atoms with Gasteiger partial charge in [-0.2, -0.15) is 0 Å². The fourth-order valence-electron chi connectivity index (χ4n) is 1.08. The number of carbonyl (C=O) groups is 1. The topological polar surface area (TPSA) is 78.3 Å². The van der Waals surface area contributed by atoms with Crippen LogP contribution in [0.1, 0.15) is 11.6 Å². The van der Waals surface area contributed by atoms with E-state index in [1.807, 2.05) is 30.3 Å². The normalized spacial score (nSPS) is 12.4. The minimum atomic E-state index is -0.481. The molecule has 0 saturated carbocycles. The minimum Gasteiger partial charge on any atom is -0.370 e. The van der Waals surface area contributed by atoms with Crippen LogP contribution in [-0.2, 0) is 9.53 Å². The second-order valence-corrected chi connectivity index (χ2v) is 3.00. The number of ether oxygens (including phenoxy) is 1. The van der Waals surface area contributed by atoms with E-state index in [1.54, 1.807) is 0 Å². The molecular weight excluding hydrogens is 180 g/mol. The fraction of sp³-hybridized carbons (Fsp3) is 0.300. The number of hydrogen-bond acceptors (Lipinski definition) is 3. The van der Waals surface area contributed by atoms with E-state index in [1.165, 1.54) is 0 Å². The van der Waals surface area contributed by atoms with Crippen LogP contribution in [0.3, 0.4) is 0 Å². The number of amides is 1. The highest BCUT2D eigenvalue weighted by Gasteiger charge is 2.05. The van der Waals surface area contributed by atoms with E-state index >= 15 is 0 Å². The fourth-order valence-corrected chi connectivity index (χ4v) is 1.08. The molecule has 1 aromatic carbocycles. The third-order valence-electron chi connectivity index (χ3n) is 1.77. The Balaban J connectivity index is 2.36. The molecule has 14 heavy (non-hydrogen) atoms. The van der Waals surface area contributed by atoms with Gasteiger partial charge in [-0.05, 0) is 5.56 Å². The Labute approximate surface area is 82.8 Å². The van der Waals surface area contributed by atoms with Crippen LogP contribution in [0.2, 0.25) is 0 Å². The standard InChI is InChI=1S/C10H14N2O2/c11-9(6-14-7-10(12)13)8-4-2-1-3-5-8/h1-5,9H,6-7,11H2,(H2,12,13). The van der Waals surface area contributed by atoms with Crippen LogP contribution in [0, 0.1) is 0 Å². The molecule has 0 saturated heterocycles. The molecule has 0 aliphatic rings. The molecule has 4 nitrogen and oxygen atoms in total. The quantitative estimate of drug-likeness (QED) is 0.702. The van der Waals surface area contributed by atoms with Crippen molar-refractivity contribution < 1.29 is 9.53 Å². The van der Waals surface area contributed by atoms with Crippen LogP contribution >= 0.6 is 0 Å². The second-order valence-electron chi connectivity index (χ2n) is 3.00. The predicted octanol–water partition coefficient (Wildman–Crippen LogP) is 0.188. The molecule has 4 N–H and O–H groups in total. The third-order valence-corrected chi connectivity index (χ3v) is 1.77. The van der Waals surface area contributed by atoms with Gasteiger partial charge in [-0.25, -0.2) is 0 Å². The monoisotopic (exact) mass is 194 g/mol. The van der Waals surface area contributed by atoms with E-state index in [2.05, 4.69) is 0 Å². The van der Waals surface area contributed by atoms with Crippen LogP contribution in [-0.4, -0.2) is 19.1 Å². The van der Waals surface area contributed by atoms with Crippen molar-refractivity contribution in [2.45, 2.75) is 6.04 Å². The lowest BCUT2D eigenvalue weighted by Gasteiger charge is -2.11. The summed E-state index contributed by atoms with van der Waals surface area (Å²) in [6, 6.07) is 9.35. The van der Waals surface area contributed by atoms with Gasteiger partial charge in [-0.15, -0.1) is 0 Å². The van der Waals surface area contributed by atoms with E-state index in [0.29, 0.717) is 6.61 Å². The van der Waals surface area contributed by atoms with Gasteiger partial charge >= 0.3 is 0 Å². The van der Waals surface area contributed by atoms with E-state index in [4.69, 9.17) is 16.2 Å². The molecular formula is C10H14N2O2. The first kappa shape index (κ1) is 10.7. The third kappa shape index (κ3) is 3.55. The molecule has 1 unspecified atom stereocenters. The molecule has 1 aromatic rings. The Morgan fingerprint density at radius 2 is 2.00 bits per heavy atom. The highest BCUT2D eigenvalue weighted by molar-refractivity contribution is 5.74. The van der Waals surface area contributed by atoms with Crippen LogP contribution < -0.4 is 11.5 Å². The molecule has 0 bridgehead atoms. The van der Waals surface area contributed by atoms with Crippen molar-refractivity contribution >= 4 is 5.91 Å². The summed E-state index contributed by atoms with van der Waals surface area (Å²) in [7, 11) is 0. The first-order valence-electron chi connectivity index (χ1n) is 4.36. The molecule has 1 atom stereocenters. The average Bonchev–Trinajstić information content (AvgIpc) is 2.18. The largest absolute Gasteiger partial charge is 0.370 e. The molecule has 4 heteroatoms. The van der Waals surface area contributed by atoms with E-state index in [9.17, 15) is 4.79 Å². The van der Waals surface area contributed by atoms with Crippen LogP contribution in [0.25, 0.3) is 0 Å². The highest BCUT2D eigenvalue weighted by Crippen LogP contribution is 2.08. The smallest absolute Gasteiger partial charge is 0.243 e. The molecule has 1 amide bonds. The first-order valence-corrected chi connectivity index (χ1v) is 4.36. The lowest BCUT2D eigenvalue weighted by atomic mass is 10.1. The van der Waals surface area contributed by atoms with Crippen molar-refractivity contribution in [1.82, 2.24) is 0 Å². The van der Waals surface area contributed by atoms with Gasteiger partial charge in [0.2, 0.25) is 5.91 Å². The average molecular weight is 194 g/mol. The van der Waals surface area contributed by atoms with Gasteiger partial charge in [0.1, 0.15) is 6.61 Å². The summed E-state index contributed by atoms with van der Waals surface area (Å²) in [5.74, 6) is -0.481. The molecule has 0 radical (unpaired) electrons. The van der Waals surface area contributed by atoms with Crippen molar-refractivity contribution in [3.05, 3.63) is 35.9 Å². The number of rotatable bonds is 5. The lowest BCUT2D eigenvalue weighted by Crippen LogP contribution is -2.23. The molecule has 76 valence electrons. The van der Waals surface area contributed by atoms with Gasteiger partial charge in [0.25, 0.3) is 0 Å². The maximum Gasteiger partial charge on any atom is 0.243 e. The summed E-state index contributed by atoms with van der Waals surface area (Å²) < 4.78 is 5.01. The molecule has 1 rings (SSSR count). The molecule has 0 aromatic heterocycles. The number of benzene rings is 1. The maximum atomic E-state index is 10.4. The molecule has 0 aliphatic heterocycles. The van der Waals surface area contributed by atoms with Crippen molar-refractivity contribution in [1.29, 1.82) is 0 Å². The molecule has 0 fully saturated rings. The molecule has 0 heterocycles. The zero-order chi connectivity index (χ0) is 10.4. The zero-order valence-corrected chi connectivity index (χ0v) is 7.85. The van der Waals surface area contributed by atoms with Gasteiger partial charge in [-0.1, -0.05) is 30.3 Å². The Kier molecular flexibility index (Phi) is 4.10. The second kappa shape index (κ2) is 5.36. The van der Waals surface area contributed by atoms with Crippen molar-refractivity contribution in [3.8, 4) is 0 Å². The Morgan fingerprint density at radius 3 is 2.57 bits per heavy atom. The summed E-state index contributed by atoms with van der Waals surface area (Å²) >= 11 is 0. The number of hydrogen-bond donors (Lipinski definition) is 2. The number of nitrogens with two attached hydrogens (primary N) is 2. The van der Waals surface area contributed by atoms with Gasteiger partial charge in [-0.3, -0.25) is 4.79 Å². The van der Waals surface area contributed by atoms with Gasteiger partial charge < -0.3 is 16.2 Å². The van der Waals surface area contributed by atoms with Crippen LogP contribution in [0.5, 0.6) is 0 Å². The van der Waals surface area contributed by atoms with E-state index in [0.717, 1.165) is 5.56 Å². The number of carbonyl (C=O) groups excluding carboxylic acids is 1. The first-order chi connectivity index (χ1) is 6.70. The summed E-state index contributed by atoms with van der Waals surface area (Å²) in [5.41, 5.74) is 11.7. The van der Waals surface area contributed by atoms with Crippen molar-refractivity contribution in [3.63, 3.8) is 0 Å². The van der Waals surface area contributed by atoms with Gasteiger partial charge in [0.05, 0.1) is 12.6 Å². The predicted molar refractivity (Wildman–Crippen MR) is 53.4 cm³/mol. The van der Waals surface area contributed by atoms with Crippen molar-refractivity contribution in [2.24, 2.45) is 11.5 Å². The van der Waals surface area contributed by atoms with Gasteiger partial charge in [0.15, 0.2) is 0 Å². The highest BCUT2D eigenvalue weighted by atomic mass is 16.5. The minimum absolute atomic E-state index is 0.0828. The molecule has 0 aliphatic carbocycles. The zero-order valence-electron chi connectivity index (χ0n) is 7.85. The SMILES string of the molecule is NC(=O)COCC(N)c1ccccc1. The summed E-state index contributed by atoms with van der Waals surface area (Å²) in [6.45, 7) is 0.216. The molecule has 0 spiro atoms. The summed E-state index contributed by atoms with van der Waals surface area (Å²) in [5, 5.41) is 0. The summed E-state index contributed by atoms with van der Waals surface area (Å²) in [4.78, 5) is 10.4. The van der Waals surface area contributed by atoms with E-state index < -0.39 is 5.91 Å². The number of primary amides is 1. The van der Waals surface area contributed by atoms with Gasteiger partial charge in [0, 0.05) is 0 Å². The Morgan fingerprint density at radius 1 is 1.36 bits per heavy atom.